The summed E-state index contributed by atoms with van der Waals surface area (Å²) in [5.74, 6) is -0.175. The fraction of sp³-hybridized carbons (Fsp3) is 0.828. The van der Waals surface area contributed by atoms with E-state index in [1.54, 1.807) is 6.08 Å². The molecule has 0 bridgehead atoms. The lowest BCUT2D eigenvalue weighted by atomic mass is 10.0. The van der Waals surface area contributed by atoms with Crippen LogP contribution in [-0.2, 0) is 14.3 Å². The van der Waals surface area contributed by atoms with Crippen LogP contribution in [0.5, 0.6) is 0 Å². The number of aliphatic hydroxyl groups is 2. The summed E-state index contributed by atoms with van der Waals surface area (Å²) in [7, 11) is 0. The van der Waals surface area contributed by atoms with Gasteiger partial charge >= 0.3 is 5.97 Å². The lowest BCUT2D eigenvalue weighted by molar-refractivity contribution is -0.143. The van der Waals surface area contributed by atoms with E-state index in [1.165, 1.54) is 199 Å². The van der Waals surface area contributed by atoms with Crippen molar-refractivity contribution in [2.45, 2.75) is 296 Å². The van der Waals surface area contributed by atoms with Crippen LogP contribution in [0.15, 0.2) is 48.6 Å². The van der Waals surface area contributed by atoms with Gasteiger partial charge in [-0.3, -0.25) is 9.59 Å². The van der Waals surface area contributed by atoms with Crippen molar-refractivity contribution in [1.82, 2.24) is 5.32 Å². The van der Waals surface area contributed by atoms with Crippen molar-refractivity contribution in [2.24, 2.45) is 0 Å². The van der Waals surface area contributed by atoms with Crippen LogP contribution in [-0.4, -0.2) is 47.4 Å². The molecule has 0 aliphatic heterocycles. The number of carbonyl (C=O) groups excluding carboxylic acids is 2. The number of aliphatic hydroxyl groups excluding tert-OH is 2. The number of amides is 1. The van der Waals surface area contributed by atoms with Crippen LogP contribution in [0.25, 0.3) is 0 Å². The highest BCUT2D eigenvalue weighted by atomic mass is 16.5. The molecular weight excluding hydrogens is 791 g/mol. The van der Waals surface area contributed by atoms with Crippen molar-refractivity contribution in [2.75, 3.05) is 13.2 Å². The quantitative estimate of drug-likeness (QED) is 0.0321. The Balaban J connectivity index is 3.59. The number of esters is 1. The van der Waals surface area contributed by atoms with Gasteiger partial charge in [-0.15, -0.1) is 0 Å². The van der Waals surface area contributed by atoms with Gasteiger partial charge in [0.1, 0.15) is 0 Å². The molecule has 2 atom stereocenters. The van der Waals surface area contributed by atoms with E-state index in [9.17, 15) is 19.8 Å². The van der Waals surface area contributed by atoms with Gasteiger partial charge < -0.3 is 20.3 Å². The molecule has 0 fully saturated rings. The van der Waals surface area contributed by atoms with Gasteiger partial charge in [0.25, 0.3) is 0 Å². The summed E-state index contributed by atoms with van der Waals surface area (Å²) < 4.78 is 5.45. The zero-order valence-corrected chi connectivity index (χ0v) is 42.5. The standard InChI is InChI=1S/C58H107NO5/c1-3-5-7-9-11-13-15-17-19-20-21-22-23-24-26-30-34-38-42-46-50-56(61)55(54-60)59-57(62)51-47-43-39-35-31-27-25-29-33-37-41-45-49-53-64-58(63)52-48-44-40-36-32-28-18-16-14-12-10-8-6-4-2/h16,18,27,31,39,43,46,50,55-56,60-61H,3-15,17,19-26,28-30,32-38,40-42,44-45,47-49,51-54H2,1-2H3,(H,59,62)/b18-16-,31-27-,43-39-,50-46+. The van der Waals surface area contributed by atoms with E-state index in [0.717, 1.165) is 51.4 Å². The van der Waals surface area contributed by atoms with Crippen LogP contribution in [0.3, 0.4) is 0 Å². The number of unbranched alkanes of at least 4 members (excludes halogenated alkanes) is 34. The van der Waals surface area contributed by atoms with Crippen LogP contribution in [0, 0.1) is 0 Å². The molecule has 0 radical (unpaired) electrons. The third-order valence-electron chi connectivity index (χ3n) is 12.6. The molecule has 0 spiro atoms. The van der Waals surface area contributed by atoms with Gasteiger partial charge in [-0.2, -0.15) is 0 Å². The van der Waals surface area contributed by atoms with E-state index in [-0.39, 0.29) is 18.5 Å². The molecule has 6 heteroatoms. The van der Waals surface area contributed by atoms with Gasteiger partial charge in [0.15, 0.2) is 0 Å². The van der Waals surface area contributed by atoms with Gasteiger partial charge in [0, 0.05) is 12.8 Å². The molecule has 0 aliphatic carbocycles. The Kier molecular flexibility index (Phi) is 51.6. The van der Waals surface area contributed by atoms with Crippen molar-refractivity contribution < 1.29 is 24.5 Å². The minimum atomic E-state index is -0.881. The summed E-state index contributed by atoms with van der Waals surface area (Å²) in [6.07, 6.45) is 67.1. The molecule has 0 rings (SSSR count). The Morgan fingerprint density at radius 1 is 0.438 bits per heavy atom. The second-order valence-electron chi connectivity index (χ2n) is 18.9. The first-order valence-electron chi connectivity index (χ1n) is 27.9. The van der Waals surface area contributed by atoms with E-state index in [1.807, 2.05) is 12.2 Å². The van der Waals surface area contributed by atoms with E-state index in [2.05, 4.69) is 49.5 Å². The van der Waals surface area contributed by atoms with E-state index in [4.69, 9.17) is 4.74 Å². The molecule has 3 N–H and O–H groups in total. The van der Waals surface area contributed by atoms with Gasteiger partial charge in [-0.1, -0.05) is 242 Å². The molecule has 0 aromatic rings. The number of carbonyl (C=O) groups is 2. The first-order valence-corrected chi connectivity index (χ1v) is 27.9. The van der Waals surface area contributed by atoms with Crippen molar-refractivity contribution in [3.8, 4) is 0 Å². The fourth-order valence-corrected chi connectivity index (χ4v) is 8.27. The molecule has 0 saturated heterocycles. The zero-order valence-electron chi connectivity index (χ0n) is 42.5. The van der Waals surface area contributed by atoms with Crippen molar-refractivity contribution in [3.63, 3.8) is 0 Å². The highest BCUT2D eigenvalue weighted by Gasteiger charge is 2.17. The molecular formula is C58H107NO5. The number of ether oxygens (including phenoxy) is 1. The van der Waals surface area contributed by atoms with Crippen molar-refractivity contribution >= 4 is 11.9 Å². The van der Waals surface area contributed by atoms with Crippen molar-refractivity contribution in [3.05, 3.63) is 48.6 Å². The summed E-state index contributed by atoms with van der Waals surface area (Å²) in [5, 5.41) is 23.1. The minimum absolute atomic E-state index is 0.0274. The number of hydrogen-bond acceptors (Lipinski definition) is 5. The molecule has 1 amide bonds. The average Bonchev–Trinajstić information content (AvgIpc) is 3.29. The molecule has 0 heterocycles. The van der Waals surface area contributed by atoms with E-state index < -0.39 is 12.1 Å². The Morgan fingerprint density at radius 2 is 0.797 bits per heavy atom. The molecule has 64 heavy (non-hydrogen) atoms. The Hall–Kier alpha value is -2.18. The van der Waals surface area contributed by atoms with E-state index >= 15 is 0 Å². The van der Waals surface area contributed by atoms with Crippen LogP contribution in [0.4, 0.5) is 0 Å². The lowest BCUT2D eigenvalue weighted by Gasteiger charge is -2.19. The summed E-state index contributed by atoms with van der Waals surface area (Å²) in [5.41, 5.74) is 0. The summed E-state index contributed by atoms with van der Waals surface area (Å²) >= 11 is 0. The van der Waals surface area contributed by atoms with Crippen molar-refractivity contribution in [1.29, 1.82) is 0 Å². The summed E-state index contributed by atoms with van der Waals surface area (Å²) in [6.45, 7) is 4.83. The number of rotatable bonds is 51. The molecule has 0 aromatic heterocycles. The number of hydrogen-bond donors (Lipinski definition) is 3. The highest BCUT2D eigenvalue weighted by molar-refractivity contribution is 5.76. The second kappa shape index (κ2) is 53.4. The average molecular weight is 898 g/mol. The zero-order chi connectivity index (χ0) is 46.5. The normalized spacial score (nSPS) is 13.0. The second-order valence-corrected chi connectivity index (χ2v) is 18.9. The summed E-state index contributed by atoms with van der Waals surface area (Å²) in [6, 6.07) is -0.673. The van der Waals surface area contributed by atoms with Gasteiger partial charge in [0.05, 0.1) is 25.4 Å². The van der Waals surface area contributed by atoms with Gasteiger partial charge in [-0.05, 0) is 77.0 Å². The third-order valence-corrected chi connectivity index (χ3v) is 12.6. The van der Waals surface area contributed by atoms with Crippen LogP contribution in [0.1, 0.15) is 284 Å². The SMILES string of the molecule is CCCCCCC/C=C\CCCCCCCC(=O)OCCCCCCCC/C=C\C/C=C\CCC(=O)NC(CO)C(O)/C=C/CCCCCCCCCCCCCCCCCCCC. The smallest absolute Gasteiger partial charge is 0.305 e. The maximum absolute atomic E-state index is 12.4. The number of nitrogens with one attached hydrogen (secondary N) is 1. The monoisotopic (exact) mass is 898 g/mol. The maximum atomic E-state index is 12.4. The number of allylic oxidation sites excluding steroid dienone is 7. The fourth-order valence-electron chi connectivity index (χ4n) is 8.27. The molecule has 374 valence electrons. The minimum Gasteiger partial charge on any atom is -0.466 e. The Bertz CT molecular complexity index is 1080. The van der Waals surface area contributed by atoms with Crippen LogP contribution in [0.2, 0.25) is 0 Å². The predicted molar refractivity (Wildman–Crippen MR) is 278 cm³/mol. The van der Waals surface area contributed by atoms with Gasteiger partial charge in [0.2, 0.25) is 5.91 Å². The maximum Gasteiger partial charge on any atom is 0.305 e. The molecule has 2 unspecified atom stereocenters. The lowest BCUT2D eigenvalue weighted by Crippen LogP contribution is -2.45. The third kappa shape index (κ3) is 49.3. The molecule has 0 aliphatic rings. The first kappa shape index (κ1) is 61.8. The van der Waals surface area contributed by atoms with Crippen LogP contribution < -0.4 is 5.32 Å². The summed E-state index contributed by atoms with van der Waals surface area (Å²) in [4.78, 5) is 24.4. The Labute approximate surface area is 397 Å². The van der Waals surface area contributed by atoms with Crippen LogP contribution >= 0.6 is 0 Å². The molecule has 0 saturated carbocycles. The largest absolute Gasteiger partial charge is 0.466 e. The first-order chi connectivity index (χ1) is 31.5. The molecule has 6 nitrogen and oxygen atoms in total. The molecule has 0 aromatic carbocycles. The Morgan fingerprint density at radius 3 is 1.23 bits per heavy atom. The highest BCUT2D eigenvalue weighted by Crippen LogP contribution is 2.16. The van der Waals surface area contributed by atoms with E-state index in [0.29, 0.717) is 25.9 Å². The topological polar surface area (TPSA) is 95.9 Å². The van der Waals surface area contributed by atoms with Gasteiger partial charge in [-0.25, -0.2) is 0 Å². The predicted octanol–water partition coefficient (Wildman–Crippen LogP) is 17.0.